The molecule has 6 heteroatoms. The van der Waals surface area contributed by atoms with Crippen LogP contribution in [0.25, 0.3) is 11.1 Å². The van der Waals surface area contributed by atoms with Crippen molar-refractivity contribution in [1.29, 1.82) is 0 Å². The normalized spacial score (nSPS) is 10.1. The highest BCUT2D eigenvalue weighted by atomic mass is 127. The van der Waals surface area contributed by atoms with Gasteiger partial charge in [0.1, 0.15) is 0 Å². The molecule has 31 heavy (non-hydrogen) atoms. The van der Waals surface area contributed by atoms with Crippen LogP contribution in [0.3, 0.4) is 0 Å². The summed E-state index contributed by atoms with van der Waals surface area (Å²) in [4.78, 5) is 16.3. The maximum Gasteiger partial charge on any atom is 0.601 e. The van der Waals surface area contributed by atoms with Crippen LogP contribution >= 0.6 is 24.0 Å². The summed E-state index contributed by atoms with van der Waals surface area (Å²) in [5.41, 5.74) is 2.00. The van der Waals surface area contributed by atoms with Crippen molar-refractivity contribution in [2.45, 2.75) is 84.0 Å². The lowest BCUT2D eigenvalue weighted by Crippen LogP contribution is -3.00. The summed E-state index contributed by atoms with van der Waals surface area (Å²) in [6, 6.07) is 7.69. The Morgan fingerprint density at radius 1 is 0.839 bits per heavy atom. The summed E-state index contributed by atoms with van der Waals surface area (Å²) in [6.07, 6.45) is 22.3. The number of ether oxygens (including phenoxy) is 1. The van der Waals surface area contributed by atoms with Gasteiger partial charge in [-0.05, 0) is 30.2 Å². The van der Waals surface area contributed by atoms with E-state index in [1.807, 2.05) is 24.3 Å². The van der Waals surface area contributed by atoms with Crippen molar-refractivity contribution in [3.63, 3.8) is 0 Å². The Morgan fingerprint density at radius 2 is 1.39 bits per heavy atom. The van der Waals surface area contributed by atoms with Gasteiger partial charge in [0.2, 0.25) is 0 Å². The number of aromatic nitrogens is 2. The Kier molecular flexibility index (Phi) is 19.4. The molecule has 2 heterocycles. The van der Waals surface area contributed by atoms with Crippen LogP contribution in [0.4, 0.5) is 4.79 Å². The molecule has 0 bridgehead atoms. The number of pyridine rings is 2. The Hall–Kier alpha value is -0.770. The van der Waals surface area contributed by atoms with Crippen LogP contribution in [0.5, 0.6) is 0 Å². The second-order valence-corrected chi connectivity index (χ2v) is 7.74. The van der Waals surface area contributed by atoms with E-state index in [2.05, 4.69) is 11.9 Å². The molecule has 4 nitrogen and oxygen atoms in total. The summed E-state index contributed by atoms with van der Waals surface area (Å²) in [5, 5.41) is 0. The summed E-state index contributed by atoms with van der Waals surface area (Å²) >= 11 is 0. The van der Waals surface area contributed by atoms with Crippen molar-refractivity contribution in [3.8, 4) is 11.1 Å². The molecule has 0 atom stereocenters. The zero-order chi connectivity index (χ0) is 20.6. The lowest BCUT2D eigenvalue weighted by atomic mass is 10.1. The van der Waals surface area contributed by atoms with Crippen molar-refractivity contribution in [1.82, 2.24) is 4.98 Å². The van der Waals surface area contributed by atoms with E-state index in [-0.39, 0.29) is 54.0 Å². The molecule has 0 fully saturated rings. The highest BCUT2D eigenvalue weighted by Gasteiger charge is 2.16. The van der Waals surface area contributed by atoms with Gasteiger partial charge in [0.25, 0.3) is 0 Å². The first kappa shape index (κ1) is 30.2. The van der Waals surface area contributed by atoms with E-state index >= 15 is 0 Å². The van der Waals surface area contributed by atoms with Crippen molar-refractivity contribution >= 4 is 30.1 Å². The van der Waals surface area contributed by atoms with Crippen LogP contribution in [0, 0.1) is 0 Å². The molecular weight excluding hydrogens is 614 g/mol. The molecular formula is C25H38I2N2O2. The van der Waals surface area contributed by atoms with Crippen LogP contribution < -0.4 is 28.5 Å². The van der Waals surface area contributed by atoms with Gasteiger partial charge in [-0.2, -0.15) is 4.79 Å². The standard InChI is InChI=1S/C25H37N2O2.2HI/c1-2-3-4-5-6-7-8-9-10-11-12-13-21-29-25(28)27-20-14-15-24(22-27)23-16-18-26-19-17-23;;/h14-20,22H,2-13,21H2,1H3;2*1H/q+1;;/p-1. The molecule has 0 N–H and O–H groups in total. The molecule has 0 saturated carbocycles. The highest BCUT2D eigenvalue weighted by molar-refractivity contribution is 14.0. The van der Waals surface area contributed by atoms with E-state index < -0.39 is 0 Å². The van der Waals surface area contributed by atoms with E-state index in [9.17, 15) is 4.79 Å². The second kappa shape index (κ2) is 19.9. The van der Waals surface area contributed by atoms with Crippen molar-refractivity contribution in [2.75, 3.05) is 6.61 Å². The first-order valence-corrected chi connectivity index (χ1v) is 11.4. The van der Waals surface area contributed by atoms with E-state index in [1.54, 1.807) is 24.8 Å². The van der Waals surface area contributed by atoms with Gasteiger partial charge in [-0.15, -0.1) is 24.0 Å². The Morgan fingerprint density at radius 3 is 1.97 bits per heavy atom. The van der Waals surface area contributed by atoms with E-state index in [1.165, 1.54) is 68.8 Å². The molecule has 0 spiro atoms. The molecule has 0 aliphatic heterocycles. The number of carbonyl (C=O) groups is 1. The summed E-state index contributed by atoms with van der Waals surface area (Å²) in [6.45, 7) is 2.75. The molecule has 0 unspecified atom stereocenters. The maximum absolute atomic E-state index is 12.3. The van der Waals surface area contributed by atoms with Crippen LogP contribution in [-0.2, 0) is 4.74 Å². The third-order valence-corrected chi connectivity index (χ3v) is 5.25. The third kappa shape index (κ3) is 13.4. The fourth-order valence-electron chi connectivity index (χ4n) is 3.48. The first-order valence-electron chi connectivity index (χ1n) is 11.4. The highest BCUT2D eigenvalue weighted by Crippen LogP contribution is 2.15. The lowest BCUT2D eigenvalue weighted by Gasteiger charge is -2.03. The minimum Gasteiger partial charge on any atom is -1.00 e. The van der Waals surface area contributed by atoms with Gasteiger partial charge in [-0.3, -0.25) is 4.98 Å². The van der Waals surface area contributed by atoms with Gasteiger partial charge >= 0.3 is 6.09 Å². The van der Waals surface area contributed by atoms with Crippen LogP contribution in [-0.4, -0.2) is 17.7 Å². The van der Waals surface area contributed by atoms with E-state index in [0.29, 0.717) is 6.61 Å². The minimum absolute atomic E-state index is 0. The molecule has 0 saturated heterocycles. The third-order valence-electron chi connectivity index (χ3n) is 5.25. The second-order valence-electron chi connectivity index (χ2n) is 7.74. The Labute approximate surface area is 222 Å². The van der Waals surface area contributed by atoms with Gasteiger partial charge in [0.05, 0.1) is 6.61 Å². The molecule has 174 valence electrons. The predicted octanol–water partition coefficient (Wildman–Crippen LogP) is 4.34. The number of unbranched alkanes of at least 4 members (excludes halogenated alkanes) is 11. The average Bonchev–Trinajstić information content (AvgIpc) is 2.77. The summed E-state index contributed by atoms with van der Waals surface area (Å²) < 4.78 is 6.93. The summed E-state index contributed by atoms with van der Waals surface area (Å²) in [5.74, 6) is 0. The molecule has 0 radical (unpaired) electrons. The fourth-order valence-corrected chi connectivity index (χ4v) is 3.48. The quantitative estimate of drug-likeness (QED) is 0.173. The van der Waals surface area contributed by atoms with Gasteiger partial charge in [0, 0.05) is 24.0 Å². The largest absolute Gasteiger partial charge is 1.00 e. The first-order chi connectivity index (χ1) is 14.3. The molecule has 2 aromatic heterocycles. The molecule has 0 aromatic carbocycles. The zero-order valence-electron chi connectivity index (χ0n) is 18.8. The smallest absolute Gasteiger partial charge is 0.601 e. The Bertz CT molecular complexity index is 699. The molecule has 0 aliphatic carbocycles. The van der Waals surface area contributed by atoms with Gasteiger partial charge in [0.15, 0.2) is 12.4 Å². The van der Waals surface area contributed by atoms with Crippen LogP contribution in [0.2, 0.25) is 0 Å². The number of rotatable bonds is 14. The summed E-state index contributed by atoms with van der Waals surface area (Å²) in [7, 11) is 0. The molecule has 0 amide bonds. The average molecular weight is 652 g/mol. The van der Waals surface area contributed by atoms with E-state index in [0.717, 1.165) is 24.0 Å². The van der Waals surface area contributed by atoms with Crippen LogP contribution in [0.15, 0.2) is 49.1 Å². The zero-order valence-corrected chi connectivity index (χ0v) is 23.3. The SMILES string of the molecule is CCCCCCCCCCCCCCOC(=O)[n+]1cccc(-c2ccncc2)c1.I.[I-]. The predicted molar refractivity (Wildman–Crippen MR) is 133 cm³/mol. The van der Waals surface area contributed by atoms with Crippen molar-refractivity contribution in [2.24, 2.45) is 0 Å². The monoisotopic (exact) mass is 652 g/mol. The number of carbonyl (C=O) groups excluding carboxylic acids is 1. The van der Waals surface area contributed by atoms with E-state index in [4.69, 9.17) is 4.74 Å². The Balaban J connectivity index is 0.00000450. The van der Waals surface area contributed by atoms with Crippen LogP contribution in [0.1, 0.15) is 84.0 Å². The van der Waals surface area contributed by atoms with Crippen molar-refractivity contribution in [3.05, 3.63) is 49.1 Å². The lowest BCUT2D eigenvalue weighted by molar-refractivity contribution is -0.585. The number of halogens is 2. The fraction of sp³-hybridized carbons (Fsp3) is 0.560. The molecule has 0 aliphatic rings. The number of nitrogens with zero attached hydrogens (tertiary/aromatic N) is 2. The van der Waals surface area contributed by atoms with Gasteiger partial charge in [-0.1, -0.05) is 82.1 Å². The van der Waals surface area contributed by atoms with Crippen molar-refractivity contribution < 1.29 is 38.1 Å². The van der Waals surface area contributed by atoms with Gasteiger partial charge in [-0.25, -0.2) is 0 Å². The number of hydrogen-bond acceptors (Lipinski definition) is 3. The maximum atomic E-state index is 12.3. The number of hydrogen-bond donors (Lipinski definition) is 0. The molecule has 2 aromatic rings. The minimum atomic E-state index is -0.316. The molecule has 2 rings (SSSR count). The van der Waals surface area contributed by atoms with Gasteiger partial charge < -0.3 is 28.7 Å². The topological polar surface area (TPSA) is 43.1 Å².